The van der Waals surface area contributed by atoms with Crippen molar-refractivity contribution < 1.29 is 0 Å². The molecule has 0 amide bonds. The molecule has 0 bridgehead atoms. The van der Waals surface area contributed by atoms with E-state index in [1.54, 1.807) is 0 Å². The minimum Gasteiger partial charge on any atom is -0.319 e. The molecule has 112 valence electrons. The van der Waals surface area contributed by atoms with Crippen molar-refractivity contribution in [3.63, 3.8) is 0 Å². The quantitative estimate of drug-likeness (QED) is 0.702. The molecule has 0 aliphatic rings. The molecule has 1 nitrogen and oxygen atoms in total. The highest BCUT2D eigenvalue weighted by atomic mass is 79.9. The van der Waals surface area contributed by atoms with Gasteiger partial charge in [-0.3, -0.25) is 0 Å². The van der Waals surface area contributed by atoms with E-state index in [-0.39, 0.29) is 0 Å². The van der Waals surface area contributed by atoms with Gasteiger partial charge >= 0.3 is 0 Å². The van der Waals surface area contributed by atoms with Crippen LogP contribution in [0.4, 0.5) is 0 Å². The van der Waals surface area contributed by atoms with Gasteiger partial charge in [0.1, 0.15) is 0 Å². The molecule has 0 saturated heterocycles. The summed E-state index contributed by atoms with van der Waals surface area (Å²) >= 11 is 15.6. The Balaban J connectivity index is 2.09. The molecule has 2 rings (SSSR count). The van der Waals surface area contributed by atoms with Crippen LogP contribution in [0.25, 0.3) is 0 Å². The largest absolute Gasteiger partial charge is 0.319 e. The molecule has 1 atom stereocenters. The van der Waals surface area contributed by atoms with Crippen molar-refractivity contribution in [2.75, 3.05) is 13.6 Å². The standard InChI is InChI=1S/C17H18BrCl2N/c1-21-11-14(7-12-3-2-4-15(18)9-12)8-13-5-6-16(19)17(20)10-13/h2-6,9-10,14,21H,7-8,11H2,1H3. The zero-order chi connectivity index (χ0) is 15.2. The molecule has 0 spiro atoms. The van der Waals surface area contributed by atoms with Crippen LogP contribution in [-0.4, -0.2) is 13.6 Å². The van der Waals surface area contributed by atoms with Gasteiger partial charge in [-0.1, -0.05) is 57.3 Å². The van der Waals surface area contributed by atoms with Gasteiger partial charge in [-0.2, -0.15) is 0 Å². The molecular formula is C17H18BrCl2N. The first kappa shape index (κ1) is 16.8. The molecule has 0 aromatic heterocycles. The smallest absolute Gasteiger partial charge is 0.0595 e. The number of hydrogen-bond acceptors (Lipinski definition) is 1. The minimum absolute atomic E-state index is 0.515. The summed E-state index contributed by atoms with van der Waals surface area (Å²) < 4.78 is 1.12. The number of nitrogens with one attached hydrogen (secondary N) is 1. The lowest BCUT2D eigenvalue weighted by atomic mass is 9.92. The lowest BCUT2D eigenvalue weighted by molar-refractivity contribution is 0.493. The van der Waals surface area contributed by atoms with Gasteiger partial charge in [0.15, 0.2) is 0 Å². The first-order valence-corrected chi connectivity index (χ1v) is 8.46. The van der Waals surface area contributed by atoms with E-state index < -0.39 is 0 Å². The molecule has 0 saturated carbocycles. The Morgan fingerprint density at radius 1 is 1.00 bits per heavy atom. The van der Waals surface area contributed by atoms with Crippen LogP contribution in [0.5, 0.6) is 0 Å². The summed E-state index contributed by atoms with van der Waals surface area (Å²) in [5, 5.41) is 4.51. The van der Waals surface area contributed by atoms with Gasteiger partial charge in [-0.25, -0.2) is 0 Å². The summed E-state index contributed by atoms with van der Waals surface area (Å²) in [7, 11) is 1.99. The third-order valence-corrected chi connectivity index (χ3v) is 4.65. The molecule has 2 aromatic rings. The van der Waals surface area contributed by atoms with Gasteiger partial charge in [0.05, 0.1) is 10.0 Å². The van der Waals surface area contributed by atoms with Crippen LogP contribution in [0.2, 0.25) is 10.0 Å². The minimum atomic E-state index is 0.515. The van der Waals surface area contributed by atoms with Gasteiger partial charge in [-0.15, -0.1) is 0 Å². The molecule has 0 aliphatic carbocycles. The SMILES string of the molecule is CNCC(Cc1cccc(Br)c1)Cc1ccc(Cl)c(Cl)c1. The van der Waals surface area contributed by atoms with E-state index in [1.807, 2.05) is 19.2 Å². The number of hydrogen-bond donors (Lipinski definition) is 1. The molecule has 0 fully saturated rings. The summed E-state index contributed by atoms with van der Waals surface area (Å²) in [6.45, 7) is 0.965. The monoisotopic (exact) mass is 385 g/mol. The molecule has 4 heteroatoms. The van der Waals surface area contributed by atoms with E-state index in [2.05, 4.69) is 51.6 Å². The molecule has 21 heavy (non-hydrogen) atoms. The van der Waals surface area contributed by atoms with Crippen molar-refractivity contribution in [2.45, 2.75) is 12.8 Å². The fourth-order valence-electron chi connectivity index (χ4n) is 2.50. The average Bonchev–Trinajstić information content (AvgIpc) is 2.43. The Morgan fingerprint density at radius 2 is 1.71 bits per heavy atom. The number of rotatable bonds is 6. The van der Waals surface area contributed by atoms with Crippen molar-refractivity contribution in [3.8, 4) is 0 Å². The highest BCUT2D eigenvalue weighted by Crippen LogP contribution is 2.25. The second-order valence-corrected chi connectivity index (χ2v) is 6.94. The lowest BCUT2D eigenvalue weighted by Gasteiger charge is -2.17. The molecular weight excluding hydrogens is 369 g/mol. The molecule has 0 radical (unpaired) electrons. The van der Waals surface area contributed by atoms with Crippen LogP contribution in [0, 0.1) is 5.92 Å². The third kappa shape index (κ3) is 5.30. The Bertz CT molecular complexity index is 601. The molecule has 0 heterocycles. The van der Waals surface area contributed by atoms with Crippen molar-refractivity contribution in [2.24, 2.45) is 5.92 Å². The molecule has 2 aromatic carbocycles. The maximum absolute atomic E-state index is 6.10. The van der Waals surface area contributed by atoms with E-state index in [4.69, 9.17) is 23.2 Å². The van der Waals surface area contributed by atoms with Crippen molar-refractivity contribution >= 4 is 39.1 Å². The maximum atomic E-state index is 6.10. The van der Waals surface area contributed by atoms with E-state index in [0.717, 1.165) is 23.9 Å². The predicted molar refractivity (Wildman–Crippen MR) is 95.4 cm³/mol. The zero-order valence-corrected chi connectivity index (χ0v) is 15.0. The van der Waals surface area contributed by atoms with Gasteiger partial charge in [0.2, 0.25) is 0 Å². The zero-order valence-electron chi connectivity index (χ0n) is 11.9. The summed E-state index contributed by atoms with van der Waals surface area (Å²) in [5.41, 5.74) is 2.56. The van der Waals surface area contributed by atoms with Gasteiger partial charge < -0.3 is 5.32 Å². The van der Waals surface area contributed by atoms with E-state index in [0.29, 0.717) is 16.0 Å². The second-order valence-electron chi connectivity index (χ2n) is 5.21. The van der Waals surface area contributed by atoms with E-state index in [9.17, 15) is 0 Å². The molecule has 1 unspecified atom stereocenters. The highest BCUT2D eigenvalue weighted by molar-refractivity contribution is 9.10. The maximum Gasteiger partial charge on any atom is 0.0595 e. The van der Waals surface area contributed by atoms with E-state index in [1.165, 1.54) is 11.1 Å². The average molecular weight is 387 g/mol. The highest BCUT2D eigenvalue weighted by Gasteiger charge is 2.11. The van der Waals surface area contributed by atoms with Crippen LogP contribution >= 0.6 is 39.1 Å². The lowest BCUT2D eigenvalue weighted by Crippen LogP contribution is -2.22. The van der Waals surface area contributed by atoms with Crippen LogP contribution in [0.1, 0.15) is 11.1 Å². The molecule has 1 N–H and O–H groups in total. The number of halogens is 3. The molecule has 0 aliphatic heterocycles. The third-order valence-electron chi connectivity index (χ3n) is 3.41. The van der Waals surface area contributed by atoms with Crippen LogP contribution in [-0.2, 0) is 12.8 Å². The predicted octanol–water partition coefficient (Wildman–Crippen LogP) is 5.38. The summed E-state index contributed by atoms with van der Waals surface area (Å²) in [5.74, 6) is 0.515. The fourth-order valence-corrected chi connectivity index (χ4v) is 3.27. The Morgan fingerprint density at radius 3 is 2.33 bits per heavy atom. The van der Waals surface area contributed by atoms with Crippen LogP contribution in [0.3, 0.4) is 0 Å². The first-order chi connectivity index (χ1) is 10.1. The Hall–Kier alpha value is -0.540. The van der Waals surface area contributed by atoms with Crippen LogP contribution in [0.15, 0.2) is 46.9 Å². The Labute approximate surface area is 144 Å². The summed E-state index contributed by atoms with van der Waals surface area (Å²) in [4.78, 5) is 0. The first-order valence-electron chi connectivity index (χ1n) is 6.91. The van der Waals surface area contributed by atoms with Crippen LogP contribution < -0.4 is 5.32 Å². The van der Waals surface area contributed by atoms with E-state index >= 15 is 0 Å². The topological polar surface area (TPSA) is 12.0 Å². The van der Waals surface area contributed by atoms with Gasteiger partial charge in [0, 0.05) is 4.47 Å². The summed E-state index contributed by atoms with van der Waals surface area (Å²) in [6.07, 6.45) is 2.00. The van der Waals surface area contributed by atoms with Crippen molar-refractivity contribution in [1.82, 2.24) is 5.32 Å². The Kier molecular flexibility index (Phi) is 6.56. The van der Waals surface area contributed by atoms with Crippen molar-refractivity contribution in [3.05, 3.63) is 68.1 Å². The second kappa shape index (κ2) is 8.19. The number of benzene rings is 2. The van der Waals surface area contributed by atoms with Gasteiger partial charge in [-0.05, 0) is 67.7 Å². The fraction of sp³-hybridized carbons (Fsp3) is 0.294. The van der Waals surface area contributed by atoms with Crippen molar-refractivity contribution in [1.29, 1.82) is 0 Å². The normalized spacial score (nSPS) is 12.4. The summed E-state index contributed by atoms with van der Waals surface area (Å²) in [6, 6.07) is 14.4. The van der Waals surface area contributed by atoms with Gasteiger partial charge in [0.25, 0.3) is 0 Å².